The number of piperidine rings is 1. The fraction of sp³-hybridized carbons (Fsp3) is 0.500. The SMILES string of the molecule is CCC(C)N1CCC(c2nccc3ccccc23)CC1. The van der Waals surface area contributed by atoms with Crippen LogP contribution in [0.1, 0.15) is 44.7 Å². The van der Waals surface area contributed by atoms with Crippen LogP contribution >= 0.6 is 0 Å². The second-order valence-electron chi connectivity index (χ2n) is 5.98. The average molecular weight is 268 g/mol. The van der Waals surface area contributed by atoms with Gasteiger partial charge in [0.25, 0.3) is 0 Å². The molecule has 1 aliphatic rings. The number of nitrogens with zero attached hydrogens (tertiary/aromatic N) is 2. The van der Waals surface area contributed by atoms with E-state index < -0.39 is 0 Å². The first kappa shape index (κ1) is 13.6. The molecule has 2 heterocycles. The second-order valence-corrected chi connectivity index (χ2v) is 5.98. The first-order chi connectivity index (χ1) is 9.79. The van der Waals surface area contributed by atoms with Gasteiger partial charge >= 0.3 is 0 Å². The molecule has 0 radical (unpaired) electrons. The molecule has 0 aliphatic carbocycles. The summed E-state index contributed by atoms with van der Waals surface area (Å²) in [6, 6.07) is 11.5. The predicted octanol–water partition coefficient (Wildman–Crippen LogP) is 4.21. The van der Waals surface area contributed by atoms with Crippen LogP contribution in [-0.2, 0) is 0 Å². The molecule has 2 aromatic rings. The van der Waals surface area contributed by atoms with Crippen LogP contribution in [0, 0.1) is 0 Å². The average Bonchev–Trinajstić information content (AvgIpc) is 2.54. The minimum absolute atomic E-state index is 0.626. The van der Waals surface area contributed by atoms with E-state index in [1.807, 2.05) is 6.20 Å². The highest BCUT2D eigenvalue weighted by Crippen LogP contribution is 2.32. The van der Waals surface area contributed by atoms with Gasteiger partial charge in [-0.1, -0.05) is 31.2 Å². The van der Waals surface area contributed by atoms with Gasteiger partial charge in [0.1, 0.15) is 0 Å². The molecule has 106 valence electrons. The van der Waals surface area contributed by atoms with Crippen molar-refractivity contribution >= 4 is 10.8 Å². The van der Waals surface area contributed by atoms with E-state index in [9.17, 15) is 0 Å². The maximum absolute atomic E-state index is 4.70. The number of rotatable bonds is 3. The van der Waals surface area contributed by atoms with Crippen molar-refractivity contribution in [2.24, 2.45) is 0 Å². The topological polar surface area (TPSA) is 16.1 Å². The van der Waals surface area contributed by atoms with E-state index in [0.717, 1.165) is 6.04 Å². The van der Waals surface area contributed by atoms with Crippen LogP contribution in [0.4, 0.5) is 0 Å². The zero-order chi connectivity index (χ0) is 13.9. The van der Waals surface area contributed by atoms with Gasteiger partial charge in [0, 0.05) is 23.5 Å². The minimum Gasteiger partial charge on any atom is -0.301 e. The highest BCUT2D eigenvalue weighted by atomic mass is 15.2. The van der Waals surface area contributed by atoms with Crippen molar-refractivity contribution in [2.45, 2.75) is 45.1 Å². The number of aromatic nitrogens is 1. The molecule has 1 aliphatic heterocycles. The predicted molar refractivity (Wildman–Crippen MR) is 85.0 cm³/mol. The Hall–Kier alpha value is -1.41. The van der Waals surface area contributed by atoms with Crippen LogP contribution in [0.5, 0.6) is 0 Å². The lowest BCUT2D eigenvalue weighted by Crippen LogP contribution is -2.39. The van der Waals surface area contributed by atoms with Crippen LogP contribution in [0.15, 0.2) is 36.5 Å². The Morgan fingerprint density at radius 3 is 2.70 bits per heavy atom. The summed E-state index contributed by atoms with van der Waals surface area (Å²) in [6.07, 6.45) is 5.70. The van der Waals surface area contributed by atoms with Gasteiger partial charge in [-0.2, -0.15) is 0 Å². The number of likely N-dealkylation sites (tertiary alicyclic amines) is 1. The van der Waals surface area contributed by atoms with E-state index in [-0.39, 0.29) is 0 Å². The van der Waals surface area contributed by atoms with Gasteiger partial charge in [-0.05, 0) is 50.7 Å². The van der Waals surface area contributed by atoms with Crippen molar-refractivity contribution in [2.75, 3.05) is 13.1 Å². The monoisotopic (exact) mass is 268 g/mol. The number of pyridine rings is 1. The highest BCUT2D eigenvalue weighted by Gasteiger charge is 2.24. The maximum Gasteiger partial charge on any atom is 0.0513 e. The molecule has 1 fully saturated rings. The van der Waals surface area contributed by atoms with E-state index in [1.54, 1.807) is 0 Å². The Labute approximate surface area is 121 Å². The van der Waals surface area contributed by atoms with Crippen LogP contribution in [0.2, 0.25) is 0 Å². The molecule has 1 atom stereocenters. The third kappa shape index (κ3) is 2.57. The minimum atomic E-state index is 0.626. The molecule has 1 saturated heterocycles. The number of benzene rings is 1. The number of fused-ring (bicyclic) bond motifs is 1. The van der Waals surface area contributed by atoms with Crippen molar-refractivity contribution in [1.82, 2.24) is 9.88 Å². The molecule has 1 aromatic carbocycles. The molecule has 0 bridgehead atoms. The Morgan fingerprint density at radius 1 is 1.20 bits per heavy atom. The molecule has 1 aromatic heterocycles. The molecule has 0 amide bonds. The van der Waals surface area contributed by atoms with Crippen molar-refractivity contribution in [1.29, 1.82) is 0 Å². The molecule has 1 unspecified atom stereocenters. The Morgan fingerprint density at radius 2 is 1.95 bits per heavy atom. The van der Waals surface area contributed by atoms with Gasteiger partial charge in [-0.25, -0.2) is 0 Å². The molecule has 0 N–H and O–H groups in total. The van der Waals surface area contributed by atoms with E-state index in [1.165, 1.54) is 48.8 Å². The molecule has 20 heavy (non-hydrogen) atoms. The summed E-state index contributed by atoms with van der Waals surface area (Å²) in [4.78, 5) is 7.33. The molecular formula is C18H24N2. The lowest BCUT2D eigenvalue weighted by atomic mass is 9.89. The summed E-state index contributed by atoms with van der Waals surface area (Å²) >= 11 is 0. The van der Waals surface area contributed by atoms with Crippen molar-refractivity contribution in [3.63, 3.8) is 0 Å². The van der Waals surface area contributed by atoms with E-state index in [0.29, 0.717) is 5.92 Å². The summed E-state index contributed by atoms with van der Waals surface area (Å²) in [6.45, 7) is 7.05. The lowest BCUT2D eigenvalue weighted by molar-refractivity contribution is 0.158. The van der Waals surface area contributed by atoms with Crippen LogP contribution in [-0.4, -0.2) is 29.0 Å². The fourth-order valence-electron chi connectivity index (χ4n) is 3.34. The summed E-state index contributed by atoms with van der Waals surface area (Å²) in [5.74, 6) is 0.626. The third-order valence-corrected chi connectivity index (χ3v) is 4.83. The van der Waals surface area contributed by atoms with Crippen molar-refractivity contribution in [3.8, 4) is 0 Å². The lowest BCUT2D eigenvalue weighted by Gasteiger charge is -2.35. The van der Waals surface area contributed by atoms with E-state index in [4.69, 9.17) is 4.98 Å². The molecule has 0 saturated carbocycles. The molecule has 0 spiro atoms. The zero-order valence-electron chi connectivity index (χ0n) is 12.5. The van der Waals surface area contributed by atoms with E-state index in [2.05, 4.69) is 49.1 Å². The smallest absolute Gasteiger partial charge is 0.0513 e. The highest BCUT2D eigenvalue weighted by molar-refractivity contribution is 5.84. The molecule has 3 rings (SSSR count). The standard InChI is InChI=1S/C18H24N2/c1-3-14(2)20-12-9-16(10-13-20)18-17-7-5-4-6-15(17)8-11-19-18/h4-8,11,14,16H,3,9-10,12-13H2,1-2H3. The third-order valence-electron chi connectivity index (χ3n) is 4.83. The van der Waals surface area contributed by atoms with Gasteiger partial charge in [0.05, 0.1) is 5.69 Å². The Kier molecular flexibility index (Phi) is 4.02. The number of hydrogen-bond donors (Lipinski definition) is 0. The molecule has 2 nitrogen and oxygen atoms in total. The van der Waals surface area contributed by atoms with Crippen molar-refractivity contribution < 1.29 is 0 Å². The normalized spacial score (nSPS) is 19.3. The quantitative estimate of drug-likeness (QED) is 0.829. The van der Waals surface area contributed by atoms with Gasteiger partial charge in [0.15, 0.2) is 0 Å². The van der Waals surface area contributed by atoms with Gasteiger partial charge in [-0.15, -0.1) is 0 Å². The first-order valence-electron chi connectivity index (χ1n) is 7.87. The second kappa shape index (κ2) is 5.92. The number of hydrogen-bond acceptors (Lipinski definition) is 2. The summed E-state index contributed by atoms with van der Waals surface area (Å²) in [7, 11) is 0. The zero-order valence-corrected chi connectivity index (χ0v) is 12.5. The van der Waals surface area contributed by atoms with Crippen LogP contribution in [0.3, 0.4) is 0 Å². The maximum atomic E-state index is 4.70. The first-order valence-corrected chi connectivity index (χ1v) is 7.87. The summed E-state index contributed by atoms with van der Waals surface area (Å²) in [5.41, 5.74) is 1.31. The fourth-order valence-corrected chi connectivity index (χ4v) is 3.34. The molecular weight excluding hydrogens is 244 g/mol. The van der Waals surface area contributed by atoms with Gasteiger partial charge in [0.2, 0.25) is 0 Å². The summed E-state index contributed by atoms with van der Waals surface area (Å²) < 4.78 is 0. The van der Waals surface area contributed by atoms with E-state index >= 15 is 0 Å². The Bertz CT molecular complexity index is 565. The molecule has 2 heteroatoms. The summed E-state index contributed by atoms with van der Waals surface area (Å²) in [5, 5.41) is 2.67. The van der Waals surface area contributed by atoms with Gasteiger partial charge in [-0.3, -0.25) is 4.98 Å². The van der Waals surface area contributed by atoms with Gasteiger partial charge < -0.3 is 4.90 Å². The largest absolute Gasteiger partial charge is 0.301 e. The Balaban J connectivity index is 1.80. The van der Waals surface area contributed by atoms with Crippen LogP contribution < -0.4 is 0 Å². The van der Waals surface area contributed by atoms with Crippen LogP contribution in [0.25, 0.3) is 10.8 Å². The van der Waals surface area contributed by atoms with Crippen molar-refractivity contribution in [3.05, 3.63) is 42.2 Å².